The van der Waals surface area contributed by atoms with E-state index in [9.17, 15) is 9.90 Å². The van der Waals surface area contributed by atoms with E-state index in [2.05, 4.69) is 17.6 Å². The first-order chi connectivity index (χ1) is 12.2. The van der Waals surface area contributed by atoms with Gasteiger partial charge in [-0.2, -0.15) is 0 Å². The fourth-order valence-corrected chi connectivity index (χ4v) is 2.79. The first-order valence-corrected chi connectivity index (χ1v) is 9.97. The number of benzene rings is 1. The van der Waals surface area contributed by atoms with Crippen molar-refractivity contribution in [1.82, 2.24) is 10.6 Å². The largest absolute Gasteiger partial charge is 0.508 e. The van der Waals surface area contributed by atoms with Gasteiger partial charge >= 0.3 is 0 Å². The van der Waals surface area contributed by atoms with Crippen LogP contribution in [-0.4, -0.2) is 30.6 Å². The molecule has 0 saturated heterocycles. The zero-order chi connectivity index (χ0) is 18.2. The third-order valence-electron chi connectivity index (χ3n) is 4.39. The molecule has 0 heterocycles. The number of hydrogen-bond acceptors (Lipinski definition) is 3. The number of nitrogens with one attached hydrogen (secondary N) is 2. The molecule has 0 unspecified atom stereocenters. The van der Waals surface area contributed by atoms with E-state index in [1.54, 1.807) is 12.1 Å². The molecule has 1 rings (SSSR count). The smallest absolute Gasteiger partial charge is 0.220 e. The lowest BCUT2D eigenvalue weighted by molar-refractivity contribution is -0.121. The average Bonchev–Trinajstić information content (AvgIpc) is 2.61. The van der Waals surface area contributed by atoms with Crippen LogP contribution < -0.4 is 10.6 Å². The summed E-state index contributed by atoms with van der Waals surface area (Å²) in [5, 5.41) is 15.7. The predicted molar refractivity (Wildman–Crippen MR) is 105 cm³/mol. The van der Waals surface area contributed by atoms with Gasteiger partial charge in [0.1, 0.15) is 5.75 Å². The highest BCUT2D eigenvalue weighted by atomic mass is 16.3. The lowest BCUT2D eigenvalue weighted by atomic mass is 10.1. The number of amides is 1. The Labute approximate surface area is 153 Å². The normalized spacial score (nSPS) is 10.8. The van der Waals surface area contributed by atoms with Gasteiger partial charge in [-0.3, -0.25) is 4.79 Å². The minimum Gasteiger partial charge on any atom is -0.508 e. The third kappa shape index (κ3) is 12.5. The maximum Gasteiger partial charge on any atom is 0.220 e. The van der Waals surface area contributed by atoms with Crippen LogP contribution in [-0.2, 0) is 11.2 Å². The van der Waals surface area contributed by atoms with Crippen LogP contribution in [0.15, 0.2) is 24.3 Å². The van der Waals surface area contributed by atoms with Crippen molar-refractivity contribution in [2.75, 3.05) is 19.6 Å². The van der Waals surface area contributed by atoms with E-state index in [0.717, 1.165) is 44.3 Å². The molecule has 0 aliphatic rings. The molecule has 4 nitrogen and oxygen atoms in total. The van der Waals surface area contributed by atoms with E-state index < -0.39 is 0 Å². The van der Waals surface area contributed by atoms with Crippen molar-refractivity contribution in [3.8, 4) is 5.75 Å². The molecular weight excluding hydrogens is 312 g/mol. The van der Waals surface area contributed by atoms with E-state index >= 15 is 0 Å². The van der Waals surface area contributed by atoms with Gasteiger partial charge in [0.25, 0.3) is 0 Å². The number of phenols is 1. The summed E-state index contributed by atoms with van der Waals surface area (Å²) >= 11 is 0. The lowest BCUT2D eigenvalue weighted by Gasteiger charge is -2.06. The van der Waals surface area contributed by atoms with Gasteiger partial charge in [0.05, 0.1) is 0 Å². The molecule has 3 N–H and O–H groups in total. The molecule has 0 radical (unpaired) electrons. The van der Waals surface area contributed by atoms with Gasteiger partial charge < -0.3 is 15.7 Å². The number of unbranched alkanes of at least 4 members (excludes halogenated alkanes) is 6. The highest BCUT2D eigenvalue weighted by Gasteiger charge is 2.01. The average molecular weight is 349 g/mol. The van der Waals surface area contributed by atoms with E-state index in [-0.39, 0.29) is 11.7 Å². The van der Waals surface area contributed by atoms with Crippen LogP contribution in [0.2, 0.25) is 0 Å². The van der Waals surface area contributed by atoms with Crippen LogP contribution in [0, 0.1) is 0 Å². The fraction of sp³-hybridized carbons (Fsp3) is 0.667. The van der Waals surface area contributed by atoms with Gasteiger partial charge in [0.15, 0.2) is 0 Å². The Bertz CT molecular complexity index is 446. The summed E-state index contributed by atoms with van der Waals surface area (Å²) in [6.45, 7) is 5.09. The van der Waals surface area contributed by atoms with Gasteiger partial charge in [-0.1, -0.05) is 51.2 Å². The van der Waals surface area contributed by atoms with Crippen molar-refractivity contribution in [3.05, 3.63) is 29.8 Å². The highest BCUT2D eigenvalue weighted by Crippen LogP contribution is 2.09. The van der Waals surface area contributed by atoms with Gasteiger partial charge in [-0.25, -0.2) is 0 Å². The van der Waals surface area contributed by atoms with E-state index in [1.807, 2.05) is 12.1 Å². The number of hydrogen-bond donors (Lipinski definition) is 3. The summed E-state index contributed by atoms with van der Waals surface area (Å²) in [7, 11) is 0. The van der Waals surface area contributed by atoms with Crippen LogP contribution in [0.1, 0.15) is 70.3 Å². The predicted octanol–water partition coefficient (Wildman–Crippen LogP) is 4.17. The summed E-state index contributed by atoms with van der Waals surface area (Å²) in [6.07, 6.45) is 11.3. The molecule has 0 bridgehead atoms. The lowest BCUT2D eigenvalue weighted by Crippen LogP contribution is -2.25. The molecule has 0 spiro atoms. The molecule has 1 aromatic rings. The molecule has 0 atom stereocenters. The SMILES string of the molecule is CCCCCCCNCCCCCC(=O)NCCc1ccc(O)cc1. The van der Waals surface area contributed by atoms with Crippen molar-refractivity contribution < 1.29 is 9.90 Å². The minimum atomic E-state index is 0.141. The van der Waals surface area contributed by atoms with Gasteiger partial charge in [0.2, 0.25) is 5.91 Å². The Kier molecular flexibility index (Phi) is 12.7. The van der Waals surface area contributed by atoms with Gasteiger partial charge in [0, 0.05) is 13.0 Å². The Morgan fingerprint density at radius 1 is 0.880 bits per heavy atom. The molecule has 1 amide bonds. The van der Waals surface area contributed by atoms with Crippen molar-refractivity contribution in [2.45, 2.75) is 71.1 Å². The number of carbonyl (C=O) groups excluding carboxylic acids is 1. The van der Waals surface area contributed by atoms with Crippen LogP contribution in [0.5, 0.6) is 5.75 Å². The van der Waals surface area contributed by atoms with E-state index in [4.69, 9.17) is 0 Å². The fourth-order valence-electron chi connectivity index (χ4n) is 2.79. The first-order valence-electron chi connectivity index (χ1n) is 9.97. The maximum absolute atomic E-state index is 11.8. The third-order valence-corrected chi connectivity index (χ3v) is 4.39. The summed E-state index contributed by atoms with van der Waals surface area (Å²) in [4.78, 5) is 11.8. The number of rotatable bonds is 15. The van der Waals surface area contributed by atoms with Crippen molar-refractivity contribution >= 4 is 5.91 Å². The molecule has 0 fully saturated rings. The molecule has 142 valence electrons. The second kappa shape index (κ2) is 14.8. The second-order valence-corrected chi connectivity index (χ2v) is 6.74. The summed E-state index contributed by atoms with van der Waals surface area (Å²) in [5.74, 6) is 0.418. The molecular formula is C21H36N2O2. The van der Waals surface area contributed by atoms with E-state index in [1.165, 1.54) is 32.1 Å². The number of phenolic OH excluding ortho intramolecular Hbond substituents is 1. The number of aromatic hydroxyl groups is 1. The quantitative estimate of drug-likeness (QED) is 0.417. The zero-order valence-electron chi connectivity index (χ0n) is 15.9. The van der Waals surface area contributed by atoms with Crippen LogP contribution in [0.4, 0.5) is 0 Å². The molecule has 4 heteroatoms. The monoisotopic (exact) mass is 348 g/mol. The maximum atomic E-state index is 11.8. The minimum absolute atomic E-state index is 0.141. The van der Waals surface area contributed by atoms with Crippen molar-refractivity contribution in [1.29, 1.82) is 0 Å². The molecule has 0 aromatic heterocycles. The Morgan fingerprint density at radius 3 is 2.20 bits per heavy atom. The summed E-state index contributed by atoms with van der Waals surface area (Å²) in [6, 6.07) is 7.13. The standard InChI is InChI=1S/C21H36N2O2/c1-2-3-4-5-8-16-22-17-9-6-7-10-21(25)23-18-15-19-11-13-20(24)14-12-19/h11-14,22,24H,2-10,15-18H2,1H3,(H,23,25). The van der Waals surface area contributed by atoms with Crippen molar-refractivity contribution in [2.24, 2.45) is 0 Å². The Hall–Kier alpha value is -1.55. The van der Waals surface area contributed by atoms with Crippen LogP contribution >= 0.6 is 0 Å². The molecule has 25 heavy (non-hydrogen) atoms. The number of carbonyl (C=O) groups is 1. The van der Waals surface area contributed by atoms with Crippen LogP contribution in [0.25, 0.3) is 0 Å². The molecule has 0 aliphatic carbocycles. The summed E-state index contributed by atoms with van der Waals surface area (Å²) in [5.41, 5.74) is 1.12. The Morgan fingerprint density at radius 2 is 1.52 bits per heavy atom. The second-order valence-electron chi connectivity index (χ2n) is 6.74. The molecule has 1 aromatic carbocycles. The zero-order valence-corrected chi connectivity index (χ0v) is 15.9. The topological polar surface area (TPSA) is 61.4 Å². The highest BCUT2D eigenvalue weighted by molar-refractivity contribution is 5.75. The van der Waals surface area contributed by atoms with Crippen molar-refractivity contribution in [3.63, 3.8) is 0 Å². The molecule has 0 saturated carbocycles. The molecule has 0 aliphatic heterocycles. The van der Waals surface area contributed by atoms with E-state index in [0.29, 0.717) is 13.0 Å². The summed E-state index contributed by atoms with van der Waals surface area (Å²) < 4.78 is 0. The van der Waals surface area contributed by atoms with Gasteiger partial charge in [-0.05, 0) is 56.5 Å². The Balaban J connectivity index is 1.86. The van der Waals surface area contributed by atoms with Gasteiger partial charge in [-0.15, -0.1) is 0 Å². The first kappa shape index (κ1) is 21.5. The van der Waals surface area contributed by atoms with Crippen LogP contribution in [0.3, 0.4) is 0 Å².